The van der Waals surface area contributed by atoms with E-state index in [1.807, 2.05) is 36.4 Å². The van der Waals surface area contributed by atoms with Gasteiger partial charge < -0.3 is 19.7 Å². The zero-order valence-corrected chi connectivity index (χ0v) is 15.6. The van der Waals surface area contributed by atoms with Crippen LogP contribution in [0.1, 0.15) is 24.0 Å². The van der Waals surface area contributed by atoms with Gasteiger partial charge in [0, 0.05) is 13.1 Å². The van der Waals surface area contributed by atoms with E-state index in [-0.39, 0.29) is 12.5 Å². The van der Waals surface area contributed by atoms with Crippen LogP contribution >= 0.6 is 0 Å². The molecule has 142 valence electrons. The predicted octanol–water partition coefficient (Wildman–Crippen LogP) is 3.42. The highest BCUT2D eigenvalue weighted by Gasteiger charge is 2.17. The zero-order chi connectivity index (χ0) is 18.5. The first-order valence-electron chi connectivity index (χ1n) is 9.76. The molecule has 27 heavy (non-hydrogen) atoms. The second-order valence-corrected chi connectivity index (χ2v) is 7.05. The molecule has 2 aromatic rings. The molecule has 1 fully saturated rings. The lowest BCUT2D eigenvalue weighted by Gasteiger charge is -2.30. The van der Waals surface area contributed by atoms with Crippen molar-refractivity contribution in [3.8, 4) is 5.75 Å². The standard InChI is InChI=1S/C22H26N2O3/c25-22(16-27-21-11-5-7-17-6-1-2-8-18(17)21)23-19-9-3-4-10-20(19)24-12-14-26-15-13-24/h3-5,7,9-11H,1-2,6,8,12-16H2,(H,23,25). The third kappa shape index (κ3) is 4.25. The maximum Gasteiger partial charge on any atom is 0.262 e. The van der Waals surface area contributed by atoms with Crippen molar-refractivity contribution in [1.82, 2.24) is 0 Å². The van der Waals surface area contributed by atoms with E-state index in [9.17, 15) is 4.79 Å². The fourth-order valence-corrected chi connectivity index (χ4v) is 3.87. The summed E-state index contributed by atoms with van der Waals surface area (Å²) in [5.74, 6) is 0.716. The first-order valence-corrected chi connectivity index (χ1v) is 9.76. The minimum absolute atomic E-state index is 0.0217. The molecule has 0 aromatic heterocycles. The predicted molar refractivity (Wildman–Crippen MR) is 107 cm³/mol. The molecule has 0 atom stereocenters. The number of rotatable bonds is 5. The molecule has 5 nitrogen and oxygen atoms in total. The molecular formula is C22H26N2O3. The van der Waals surface area contributed by atoms with Crippen LogP contribution < -0.4 is 15.0 Å². The van der Waals surface area contributed by atoms with Crippen molar-refractivity contribution in [2.45, 2.75) is 25.7 Å². The molecule has 1 aliphatic heterocycles. The number of carbonyl (C=O) groups excluding carboxylic acids is 1. The van der Waals surface area contributed by atoms with Gasteiger partial charge in [0.05, 0.1) is 24.6 Å². The Bertz CT molecular complexity index is 800. The fraction of sp³-hybridized carbons (Fsp3) is 0.409. The summed E-state index contributed by atoms with van der Waals surface area (Å²) in [7, 11) is 0. The van der Waals surface area contributed by atoms with Gasteiger partial charge in [0.15, 0.2) is 6.61 Å². The van der Waals surface area contributed by atoms with E-state index < -0.39 is 0 Å². The molecular weight excluding hydrogens is 340 g/mol. The van der Waals surface area contributed by atoms with Gasteiger partial charge in [0.2, 0.25) is 0 Å². The van der Waals surface area contributed by atoms with Crippen molar-refractivity contribution < 1.29 is 14.3 Å². The SMILES string of the molecule is O=C(COc1cccc2c1CCCC2)Nc1ccccc1N1CCOCC1. The number of morpholine rings is 1. The molecule has 1 saturated heterocycles. The number of nitrogens with zero attached hydrogens (tertiary/aromatic N) is 1. The Kier molecular flexibility index (Phi) is 5.58. The Morgan fingerprint density at radius 2 is 1.85 bits per heavy atom. The molecule has 4 rings (SSSR count). The van der Waals surface area contributed by atoms with Crippen LogP contribution in [0, 0.1) is 0 Å². The number of para-hydroxylation sites is 2. The number of anilines is 2. The van der Waals surface area contributed by atoms with E-state index in [2.05, 4.69) is 16.3 Å². The number of nitrogens with one attached hydrogen (secondary N) is 1. The topological polar surface area (TPSA) is 50.8 Å². The van der Waals surface area contributed by atoms with Gasteiger partial charge in [-0.05, 0) is 55.0 Å². The van der Waals surface area contributed by atoms with Gasteiger partial charge >= 0.3 is 0 Å². The second-order valence-electron chi connectivity index (χ2n) is 7.05. The van der Waals surface area contributed by atoms with Gasteiger partial charge in [-0.15, -0.1) is 0 Å². The molecule has 1 heterocycles. The second kappa shape index (κ2) is 8.44. The lowest BCUT2D eigenvalue weighted by molar-refractivity contribution is -0.118. The minimum atomic E-state index is -0.135. The average molecular weight is 366 g/mol. The summed E-state index contributed by atoms with van der Waals surface area (Å²) in [6, 6.07) is 14.1. The number of aryl methyl sites for hydroxylation is 1. The van der Waals surface area contributed by atoms with E-state index >= 15 is 0 Å². The summed E-state index contributed by atoms with van der Waals surface area (Å²) < 4.78 is 11.3. The molecule has 0 unspecified atom stereocenters. The van der Waals surface area contributed by atoms with Gasteiger partial charge in [-0.2, -0.15) is 0 Å². The summed E-state index contributed by atoms with van der Waals surface area (Å²) in [4.78, 5) is 14.8. The van der Waals surface area contributed by atoms with Crippen molar-refractivity contribution >= 4 is 17.3 Å². The average Bonchev–Trinajstić information content (AvgIpc) is 2.73. The largest absolute Gasteiger partial charge is 0.483 e. The number of fused-ring (bicyclic) bond motifs is 1. The highest BCUT2D eigenvalue weighted by Crippen LogP contribution is 2.30. The highest BCUT2D eigenvalue weighted by molar-refractivity contribution is 5.95. The third-order valence-electron chi connectivity index (χ3n) is 5.24. The summed E-state index contributed by atoms with van der Waals surface area (Å²) in [6.07, 6.45) is 4.56. The van der Waals surface area contributed by atoms with Crippen LogP contribution in [-0.2, 0) is 22.4 Å². The number of benzene rings is 2. The molecule has 1 N–H and O–H groups in total. The molecule has 0 radical (unpaired) electrons. The number of hydrogen-bond acceptors (Lipinski definition) is 4. The van der Waals surface area contributed by atoms with Crippen LogP contribution in [0.2, 0.25) is 0 Å². The van der Waals surface area contributed by atoms with Crippen LogP contribution in [0.3, 0.4) is 0 Å². The van der Waals surface area contributed by atoms with Crippen LogP contribution in [0.4, 0.5) is 11.4 Å². The number of hydrogen-bond donors (Lipinski definition) is 1. The van der Waals surface area contributed by atoms with Crippen LogP contribution in [0.25, 0.3) is 0 Å². The maximum absolute atomic E-state index is 12.5. The quantitative estimate of drug-likeness (QED) is 0.881. The molecule has 0 bridgehead atoms. The van der Waals surface area contributed by atoms with Crippen molar-refractivity contribution in [3.63, 3.8) is 0 Å². The van der Waals surface area contributed by atoms with Gasteiger partial charge in [0.25, 0.3) is 5.91 Å². The smallest absolute Gasteiger partial charge is 0.262 e. The van der Waals surface area contributed by atoms with Crippen LogP contribution in [0.15, 0.2) is 42.5 Å². The Hall–Kier alpha value is -2.53. The number of ether oxygens (including phenoxy) is 2. The van der Waals surface area contributed by atoms with Crippen LogP contribution in [0.5, 0.6) is 5.75 Å². The van der Waals surface area contributed by atoms with E-state index in [1.54, 1.807) is 0 Å². The van der Waals surface area contributed by atoms with Gasteiger partial charge in [-0.25, -0.2) is 0 Å². The van der Waals surface area contributed by atoms with E-state index in [1.165, 1.54) is 24.0 Å². The van der Waals surface area contributed by atoms with Crippen molar-refractivity contribution in [2.24, 2.45) is 0 Å². The van der Waals surface area contributed by atoms with Crippen molar-refractivity contribution in [1.29, 1.82) is 0 Å². The first kappa shape index (κ1) is 17.9. The molecule has 2 aromatic carbocycles. The molecule has 1 amide bonds. The highest BCUT2D eigenvalue weighted by atomic mass is 16.5. The van der Waals surface area contributed by atoms with Gasteiger partial charge in [-0.3, -0.25) is 4.79 Å². The first-order chi connectivity index (χ1) is 13.3. The molecule has 2 aliphatic rings. The lowest BCUT2D eigenvalue weighted by atomic mass is 9.91. The van der Waals surface area contributed by atoms with Gasteiger partial charge in [0.1, 0.15) is 5.75 Å². The third-order valence-corrected chi connectivity index (χ3v) is 5.24. The molecule has 0 spiro atoms. The lowest BCUT2D eigenvalue weighted by Crippen LogP contribution is -2.37. The number of carbonyl (C=O) groups is 1. The molecule has 5 heteroatoms. The van der Waals surface area contributed by atoms with Crippen molar-refractivity contribution in [3.05, 3.63) is 53.6 Å². The summed E-state index contributed by atoms with van der Waals surface area (Å²) in [5, 5.41) is 3.01. The monoisotopic (exact) mass is 366 g/mol. The number of amides is 1. The summed E-state index contributed by atoms with van der Waals surface area (Å²) in [6.45, 7) is 3.11. The van der Waals surface area contributed by atoms with Crippen molar-refractivity contribution in [2.75, 3.05) is 43.1 Å². The van der Waals surface area contributed by atoms with E-state index in [0.717, 1.165) is 43.1 Å². The maximum atomic E-state index is 12.5. The normalized spacial score (nSPS) is 16.5. The Morgan fingerprint density at radius 3 is 2.74 bits per heavy atom. The summed E-state index contributed by atoms with van der Waals surface area (Å²) >= 11 is 0. The molecule has 0 saturated carbocycles. The summed E-state index contributed by atoms with van der Waals surface area (Å²) in [5.41, 5.74) is 4.48. The zero-order valence-electron chi connectivity index (χ0n) is 15.6. The Labute approximate surface area is 160 Å². The minimum Gasteiger partial charge on any atom is -0.483 e. The van der Waals surface area contributed by atoms with E-state index in [0.29, 0.717) is 13.2 Å². The Balaban J connectivity index is 1.40. The van der Waals surface area contributed by atoms with Crippen LogP contribution in [-0.4, -0.2) is 38.8 Å². The van der Waals surface area contributed by atoms with Gasteiger partial charge in [-0.1, -0.05) is 24.3 Å². The molecule has 1 aliphatic carbocycles. The van der Waals surface area contributed by atoms with E-state index in [4.69, 9.17) is 9.47 Å². The Morgan fingerprint density at radius 1 is 1.04 bits per heavy atom. The fourth-order valence-electron chi connectivity index (χ4n) is 3.87.